The normalized spacial score (nSPS) is 10.8. The Labute approximate surface area is 169 Å². The predicted molar refractivity (Wildman–Crippen MR) is 114 cm³/mol. The summed E-state index contributed by atoms with van der Waals surface area (Å²) in [6.45, 7) is 4.29. The molecule has 0 unspecified atom stereocenters. The van der Waals surface area contributed by atoms with Crippen molar-refractivity contribution in [2.75, 3.05) is 11.9 Å². The van der Waals surface area contributed by atoms with Gasteiger partial charge in [-0.2, -0.15) is 0 Å². The molecule has 0 radical (unpaired) electrons. The van der Waals surface area contributed by atoms with Gasteiger partial charge >= 0.3 is 0 Å². The number of carbonyl (C=O) groups is 1. The first-order valence-electron chi connectivity index (χ1n) is 9.60. The third kappa shape index (κ3) is 3.96. The maximum Gasteiger partial charge on any atom is 0.163 e. The van der Waals surface area contributed by atoms with Crippen molar-refractivity contribution >= 4 is 28.3 Å². The van der Waals surface area contributed by atoms with E-state index >= 15 is 0 Å². The van der Waals surface area contributed by atoms with E-state index in [1.54, 1.807) is 12.4 Å². The van der Waals surface area contributed by atoms with Gasteiger partial charge in [-0.15, -0.1) is 0 Å². The van der Waals surface area contributed by atoms with Crippen LogP contribution in [-0.4, -0.2) is 26.9 Å². The van der Waals surface area contributed by atoms with Gasteiger partial charge in [0.1, 0.15) is 23.7 Å². The lowest BCUT2D eigenvalue weighted by Gasteiger charge is -2.12. The fraction of sp³-hybridized carbons (Fsp3) is 0.174. The number of carbonyl (C=O) groups excluding carboxylic acids is 1. The van der Waals surface area contributed by atoms with Gasteiger partial charge in [-0.3, -0.25) is 9.36 Å². The first kappa shape index (κ1) is 18.7. The number of hydrogen-bond donors (Lipinski definition) is 1. The fourth-order valence-corrected chi connectivity index (χ4v) is 3.11. The average molecular weight is 386 g/mol. The van der Waals surface area contributed by atoms with E-state index in [4.69, 9.17) is 9.72 Å². The van der Waals surface area contributed by atoms with Gasteiger partial charge in [0, 0.05) is 11.8 Å². The Morgan fingerprint density at radius 3 is 2.69 bits per heavy atom. The van der Waals surface area contributed by atoms with Gasteiger partial charge in [-0.05, 0) is 49.7 Å². The van der Waals surface area contributed by atoms with Crippen LogP contribution in [0, 0.1) is 0 Å². The van der Waals surface area contributed by atoms with Crippen LogP contribution < -0.4 is 10.1 Å². The molecular weight excluding hydrogens is 364 g/mol. The third-order valence-corrected chi connectivity index (χ3v) is 4.53. The molecule has 0 atom stereocenters. The zero-order valence-electron chi connectivity index (χ0n) is 16.4. The largest absolute Gasteiger partial charge is 0.494 e. The van der Waals surface area contributed by atoms with Crippen molar-refractivity contribution in [1.82, 2.24) is 14.5 Å². The molecule has 4 aromatic rings. The first-order chi connectivity index (χ1) is 14.2. The van der Waals surface area contributed by atoms with Gasteiger partial charge in [0.15, 0.2) is 5.78 Å². The van der Waals surface area contributed by atoms with Crippen molar-refractivity contribution in [3.8, 4) is 11.6 Å². The van der Waals surface area contributed by atoms with Crippen LogP contribution in [0.5, 0.6) is 5.75 Å². The van der Waals surface area contributed by atoms with Crippen LogP contribution in [-0.2, 0) is 0 Å². The second-order valence-corrected chi connectivity index (χ2v) is 6.73. The van der Waals surface area contributed by atoms with E-state index in [0.29, 0.717) is 23.8 Å². The summed E-state index contributed by atoms with van der Waals surface area (Å²) in [4.78, 5) is 21.3. The van der Waals surface area contributed by atoms with E-state index in [1.807, 2.05) is 59.2 Å². The molecule has 2 aromatic heterocycles. The van der Waals surface area contributed by atoms with Crippen molar-refractivity contribution in [3.05, 3.63) is 72.6 Å². The number of aromatic nitrogens is 3. The van der Waals surface area contributed by atoms with Gasteiger partial charge < -0.3 is 10.1 Å². The minimum absolute atomic E-state index is 0.0457. The number of imidazole rings is 1. The lowest BCUT2D eigenvalue weighted by Crippen LogP contribution is -2.06. The molecule has 6 heteroatoms. The second kappa shape index (κ2) is 8.14. The number of ether oxygens (including phenoxy) is 1. The van der Waals surface area contributed by atoms with Crippen LogP contribution in [0.2, 0.25) is 0 Å². The smallest absolute Gasteiger partial charge is 0.163 e. The number of anilines is 2. The number of fused-ring (bicyclic) bond motifs is 1. The van der Waals surface area contributed by atoms with Crippen molar-refractivity contribution in [3.63, 3.8) is 0 Å². The summed E-state index contributed by atoms with van der Waals surface area (Å²) in [7, 11) is 0. The van der Waals surface area contributed by atoms with E-state index in [-0.39, 0.29) is 5.78 Å². The number of nitrogens with one attached hydrogen (secondary N) is 1. The maximum absolute atomic E-state index is 12.1. The highest BCUT2D eigenvalue weighted by molar-refractivity contribution is 5.99. The Bertz CT molecular complexity index is 1150. The van der Waals surface area contributed by atoms with Crippen molar-refractivity contribution in [2.45, 2.75) is 20.3 Å². The zero-order valence-corrected chi connectivity index (χ0v) is 16.4. The van der Waals surface area contributed by atoms with Gasteiger partial charge in [0.2, 0.25) is 0 Å². The van der Waals surface area contributed by atoms with Crippen LogP contribution in [0.1, 0.15) is 30.6 Å². The van der Waals surface area contributed by atoms with Crippen LogP contribution in [0.25, 0.3) is 16.9 Å². The number of pyridine rings is 1. The molecule has 2 heterocycles. The van der Waals surface area contributed by atoms with Crippen LogP contribution >= 0.6 is 0 Å². The quantitative estimate of drug-likeness (QED) is 0.445. The third-order valence-electron chi connectivity index (χ3n) is 4.53. The van der Waals surface area contributed by atoms with Gasteiger partial charge in [-0.1, -0.05) is 25.1 Å². The molecule has 0 fully saturated rings. The topological polar surface area (TPSA) is 69.0 Å². The van der Waals surface area contributed by atoms with E-state index in [1.165, 1.54) is 6.92 Å². The van der Waals surface area contributed by atoms with E-state index in [2.05, 4.69) is 17.2 Å². The molecule has 0 amide bonds. The van der Waals surface area contributed by atoms with Crippen molar-refractivity contribution < 1.29 is 9.53 Å². The minimum Gasteiger partial charge on any atom is -0.494 e. The highest BCUT2D eigenvalue weighted by atomic mass is 16.5. The van der Waals surface area contributed by atoms with E-state index in [0.717, 1.165) is 28.9 Å². The van der Waals surface area contributed by atoms with Crippen LogP contribution in [0.4, 0.5) is 11.5 Å². The summed E-state index contributed by atoms with van der Waals surface area (Å²) < 4.78 is 7.60. The molecule has 0 saturated heterocycles. The zero-order chi connectivity index (χ0) is 20.2. The average Bonchev–Trinajstić information content (AvgIpc) is 3.16. The summed E-state index contributed by atoms with van der Waals surface area (Å²) in [5.74, 6) is 1.95. The molecular formula is C23H22N4O2. The van der Waals surface area contributed by atoms with Crippen LogP contribution in [0.3, 0.4) is 0 Å². The molecule has 146 valence electrons. The predicted octanol–water partition coefficient (Wildman–Crippen LogP) is 5.16. The molecule has 0 aliphatic carbocycles. The fourth-order valence-electron chi connectivity index (χ4n) is 3.11. The molecule has 1 N–H and O–H groups in total. The van der Waals surface area contributed by atoms with Gasteiger partial charge in [-0.25, -0.2) is 9.97 Å². The first-order valence-corrected chi connectivity index (χ1v) is 9.60. The number of hydrogen-bond acceptors (Lipinski definition) is 5. The molecule has 0 bridgehead atoms. The summed E-state index contributed by atoms with van der Waals surface area (Å²) in [5.41, 5.74) is 3.15. The lowest BCUT2D eigenvalue weighted by atomic mass is 10.1. The Hall–Kier alpha value is -3.67. The highest BCUT2D eigenvalue weighted by Gasteiger charge is 2.13. The monoisotopic (exact) mass is 386 g/mol. The van der Waals surface area contributed by atoms with E-state index in [9.17, 15) is 4.79 Å². The number of rotatable bonds is 7. The molecule has 6 nitrogen and oxygen atoms in total. The summed E-state index contributed by atoms with van der Waals surface area (Å²) in [6.07, 6.45) is 2.69. The number of para-hydroxylation sites is 1. The lowest BCUT2D eigenvalue weighted by molar-refractivity contribution is 0.101. The molecule has 0 saturated carbocycles. The number of nitrogens with zero attached hydrogens (tertiary/aromatic N) is 3. The highest BCUT2D eigenvalue weighted by Crippen LogP contribution is 2.25. The Balaban J connectivity index is 1.73. The van der Waals surface area contributed by atoms with Gasteiger partial charge in [0.25, 0.3) is 0 Å². The standard InChI is InChI=1S/C23H22N4O2/c1-3-13-29-18-9-11-21-20(14-18)24-15-27(21)22-12-10-19(16(2)28)23(26-22)25-17-7-5-4-6-8-17/h4-12,14-15H,3,13H2,1-2H3,(H,25,26). The molecule has 0 aliphatic heterocycles. The molecule has 0 spiro atoms. The molecule has 2 aromatic carbocycles. The minimum atomic E-state index is -0.0457. The maximum atomic E-state index is 12.1. The number of benzene rings is 2. The molecule has 4 rings (SSSR count). The van der Waals surface area contributed by atoms with Crippen molar-refractivity contribution in [1.29, 1.82) is 0 Å². The number of ketones is 1. The van der Waals surface area contributed by atoms with Crippen LogP contribution in [0.15, 0.2) is 67.0 Å². The molecule has 29 heavy (non-hydrogen) atoms. The second-order valence-electron chi connectivity index (χ2n) is 6.73. The van der Waals surface area contributed by atoms with Crippen molar-refractivity contribution in [2.24, 2.45) is 0 Å². The number of Topliss-reactive ketones (excluding diaryl/α,β-unsaturated/α-hetero) is 1. The summed E-state index contributed by atoms with van der Waals surface area (Å²) in [6, 6.07) is 19.1. The van der Waals surface area contributed by atoms with Gasteiger partial charge in [0.05, 0.1) is 23.2 Å². The summed E-state index contributed by atoms with van der Waals surface area (Å²) in [5, 5.41) is 3.25. The summed E-state index contributed by atoms with van der Waals surface area (Å²) >= 11 is 0. The Kier molecular flexibility index (Phi) is 5.24. The van der Waals surface area contributed by atoms with E-state index < -0.39 is 0 Å². The Morgan fingerprint density at radius 2 is 1.93 bits per heavy atom. The molecule has 0 aliphatic rings. The Morgan fingerprint density at radius 1 is 1.10 bits per heavy atom. The SMILES string of the molecule is CCCOc1ccc2c(c1)ncn2-c1ccc(C(C)=O)c(Nc2ccccc2)n1.